The number of halogens is 1. The Balaban J connectivity index is 2.48. The van der Waals surface area contributed by atoms with E-state index in [2.05, 4.69) is 19.2 Å². The number of unbranched alkanes of at least 4 members (excludes halogenated alkanes) is 4. The average molecular weight is 284 g/mol. The van der Waals surface area contributed by atoms with Crippen LogP contribution in [0, 0.1) is 0 Å². The van der Waals surface area contributed by atoms with Crippen LogP contribution < -0.4 is 5.32 Å². The molecule has 1 atom stereocenters. The van der Waals surface area contributed by atoms with Crippen molar-refractivity contribution in [3.63, 3.8) is 0 Å². The second-order valence-electron chi connectivity index (χ2n) is 5.49. The van der Waals surface area contributed by atoms with E-state index in [-0.39, 0.29) is 12.1 Å². The van der Waals surface area contributed by atoms with Crippen molar-refractivity contribution < 1.29 is 5.11 Å². The van der Waals surface area contributed by atoms with Crippen molar-refractivity contribution in [2.24, 2.45) is 0 Å². The maximum atomic E-state index is 9.63. The molecule has 0 aliphatic rings. The van der Waals surface area contributed by atoms with E-state index in [9.17, 15) is 5.11 Å². The summed E-state index contributed by atoms with van der Waals surface area (Å²) in [5, 5.41) is 13.7. The van der Waals surface area contributed by atoms with Gasteiger partial charge in [-0.1, -0.05) is 62.8 Å². The number of hydrogen-bond donors (Lipinski definition) is 2. The molecule has 0 radical (unpaired) electrons. The first-order valence-electron chi connectivity index (χ1n) is 7.25. The van der Waals surface area contributed by atoms with Crippen molar-refractivity contribution in [2.75, 3.05) is 11.9 Å². The van der Waals surface area contributed by atoms with Gasteiger partial charge in [0.2, 0.25) is 0 Å². The summed E-state index contributed by atoms with van der Waals surface area (Å²) in [5.41, 5.74) is 0.603. The van der Waals surface area contributed by atoms with Crippen LogP contribution in [-0.2, 0) is 0 Å². The van der Waals surface area contributed by atoms with Crippen LogP contribution in [0.5, 0.6) is 0 Å². The van der Waals surface area contributed by atoms with E-state index in [1.54, 1.807) is 0 Å². The summed E-state index contributed by atoms with van der Waals surface area (Å²) >= 11 is 6.15. The van der Waals surface area contributed by atoms with Gasteiger partial charge in [-0.15, -0.1) is 0 Å². The molecule has 1 rings (SSSR count). The molecule has 19 heavy (non-hydrogen) atoms. The van der Waals surface area contributed by atoms with Crippen molar-refractivity contribution in [3.8, 4) is 0 Å². The molecule has 3 heteroatoms. The molecule has 0 amide bonds. The van der Waals surface area contributed by atoms with Crippen molar-refractivity contribution in [2.45, 2.75) is 57.9 Å². The highest BCUT2D eigenvalue weighted by molar-refractivity contribution is 6.33. The van der Waals surface area contributed by atoms with Crippen LogP contribution in [-0.4, -0.2) is 17.3 Å². The molecule has 0 fully saturated rings. The van der Waals surface area contributed by atoms with Gasteiger partial charge in [-0.25, -0.2) is 0 Å². The van der Waals surface area contributed by atoms with E-state index < -0.39 is 0 Å². The van der Waals surface area contributed by atoms with Gasteiger partial charge in [-0.05, 0) is 25.5 Å². The first-order valence-corrected chi connectivity index (χ1v) is 7.62. The number of aliphatic hydroxyl groups excluding tert-OH is 1. The Morgan fingerprint density at radius 2 is 1.84 bits per heavy atom. The number of para-hydroxylation sites is 1. The van der Waals surface area contributed by atoms with Gasteiger partial charge in [-0.3, -0.25) is 0 Å². The van der Waals surface area contributed by atoms with Crippen LogP contribution in [0.1, 0.15) is 52.4 Å². The lowest BCUT2D eigenvalue weighted by Gasteiger charge is -2.30. The van der Waals surface area contributed by atoms with Crippen LogP contribution in [0.15, 0.2) is 24.3 Å². The van der Waals surface area contributed by atoms with Crippen LogP contribution in [0.25, 0.3) is 0 Å². The lowest BCUT2D eigenvalue weighted by Crippen LogP contribution is -2.38. The monoisotopic (exact) mass is 283 g/mol. The van der Waals surface area contributed by atoms with E-state index in [0.29, 0.717) is 5.02 Å². The van der Waals surface area contributed by atoms with E-state index in [1.807, 2.05) is 24.3 Å². The Morgan fingerprint density at radius 1 is 1.16 bits per heavy atom. The van der Waals surface area contributed by atoms with Crippen molar-refractivity contribution >= 4 is 17.3 Å². The average Bonchev–Trinajstić information content (AvgIpc) is 2.41. The molecule has 1 aromatic rings. The van der Waals surface area contributed by atoms with Crippen molar-refractivity contribution in [1.29, 1.82) is 0 Å². The van der Waals surface area contributed by atoms with E-state index in [4.69, 9.17) is 11.6 Å². The molecule has 0 heterocycles. The zero-order valence-electron chi connectivity index (χ0n) is 12.1. The molecule has 2 N–H and O–H groups in total. The Kier molecular flexibility index (Phi) is 7.25. The number of nitrogens with one attached hydrogen (secondary N) is 1. The lowest BCUT2D eigenvalue weighted by molar-refractivity contribution is 0.211. The third-order valence-corrected chi connectivity index (χ3v) is 3.82. The SMILES string of the molecule is CCCCCCCC(C)(CO)Nc1ccccc1Cl. The summed E-state index contributed by atoms with van der Waals surface area (Å²) in [6.07, 6.45) is 7.16. The number of aliphatic hydroxyl groups is 1. The summed E-state index contributed by atoms with van der Waals surface area (Å²) in [4.78, 5) is 0. The molecule has 0 saturated carbocycles. The predicted octanol–water partition coefficient (Wildman–Crippen LogP) is 4.86. The van der Waals surface area contributed by atoms with Gasteiger partial charge in [-0.2, -0.15) is 0 Å². The molecule has 0 bridgehead atoms. The quantitative estimate of drug-likeness (QED) is 0.634. The highest BCUT2D eigenvalue weighted by Gasteiger charge is 2.23. The predicted molar refractivity (Wildman–Crippen MR) is 83.9 cm³/mol. The fourth-order valence-corrected chi connectivity index (χ4v) is 2.37. The highest BCUT2D eigenvalue weighted by atomic mass is 35.5. The molecule has 0 aromatic heterocycles. The molecule has 2 nitrogen and oxygen atoms in total. The zero-order chi connectivity index (χ0) is 14.1. The normalized spacial score (nSPS) is 14.1. The zero-order valence-corrected chi connectivity index (χ0v) is 12.8. The molecule has 1 aromatic carbocycles. The largest absolute Gasteiger partial charge is 0.394 e. The van der Waals surface area contributed by atoms with E-state index >= 15 is 0 Å². The fraction of sp³-hybridized carbons (Fsp3) is 0.625. The second-order valence-corrected chi connectivity index (χ2v) is 5.90. The molecule has 0 saturated heterocycles. The van der Waals surface area contributed by atoms with Crippen molar-refractivity contribution in [3.05, 3.63) is 29.3 Å². The topological polar surface area (TPSA) is 32.3 Å². The molecule has 0 spiro atoms. The first kappa shape index (κ1) is 16.3. The summed E-state index contributed by atoms with van der Waals surface area (Å²) in [6.45, 7) is 4.39. The van der Waals surface area contributed by atoms with Gasteiger partial charge in [0.25, 0.3) is 0 Å². The number of hydrogen-bond acceptors (Lipinski definition) is 2. The van der Waals surface area contributed by atoms with Gasteiger partial charge in [0.1, 0.15) is 0 Å². The van der Waals surface area contributed by atoms with Crippen molar-refractivity contribution in [1.82, 2.24) is 0 Å². The maximum Gasteiger partial charge on any atom is 0.0658 e. The summed E-state index contributed by atoms with van der Waals surface area (Å²) in [7, 11) is 0. The fourth-order valence-electron chi connectivity index (χ4n) is 2.19. The van der Waals surface area contributed by atoms with Gasteiger partial charge in [0, 0.05) is 0 Å². The van der Waals surface area contributed by atoms with Gasteiger partial charge in [0.05, 0.1) is 22.9 Å². The minimum atomic E-state index is -0.294. The number of rotatable bonds is 9. The van der Waals surface area contributed by atoms with Gasteiger partial charge >= 0.3 is 0 Å². The van der Waals surface area contributed by atoms with Crippen LogP contribution in [0.3, 0.4) is 0 Å². The molecule has 108 valence electrons. The van der Waals surface area contributed by atoms with Crippen LogP contribution in [0.2, 0.25) is 5.02 Å². The summed E-state index contributed by atoms with van der Waals surface area (Å²) in [5.74, 6) is 0. The lowest BCUT2D eigenvalue weighted by atomic mass is 9.94. The molecular formula is C16H26ClNO. The summed E-state index contributed by atoms with van der Waals surface area (Å²) < 4.78 is 0. The highest BCUT2D eigenvalue weighted by Crippen LogP contribution is 2.27. The Hall–Kier alpha value is -0.730. The Bertz CT molecular complexity index is 370. The molecule has 0 aliphatic carbocycles. The first-order chi connectivity index (χ1) is 9.11. The van der Waals surface area contributed by atoms with E-state index in [1.165, 1.54) is 25.7 Å². The van der Waals surface area contributed by atoms with Gasteiger partial charge in [0.15, 0.2) is 0 Å². The third kappa shape index (κ3) is 5.84. The maximum absolute atomic E-state index is 9.63. The van der Waals surface area contributed by atoms with Crippen LogP contribution >= 0.6 is 11.6 Å². The Morgan fingerprint density at radius 3 is 2.47 bits per heavy atom. The van der Waals surface area contributed by atoms with Crippen LogP contribution in [0.4, 0.5) is 5.69 Å². The summed E-state index contributed by atoms with van der Waals surface area (Å²) in [6, 6.07) is 7.68. The van der Waals surface area contributed by atoms with Gasteiger partial charge < -0.3 is 10.4 Å². The number of benzene rings is 1. The van der Waals surface area contributed by atoms with E-state index in [0.717, 1.165) is 18.5 Å². The Labute approximate surface area is 122 Å². The minimum Gasteiger partial charge on any atom is -0.394 e. The minimum absolute atomic E-state index is 0.117. The smallest absolute Gasteiger partial charge is 0.0658 e. The molecular weight excluding hydrogens is 258 g/mol. The molecule has 1 unspecified atom stereocenters. The standard InChI is InChI=1S/C16H26ClNO/c1-3-4-5-6-9-12-16(2,13-19)18-15-11-8-7-10-14(15)17/h7-8,10-11,18-19H,3-6,9,12-13H2,1-2H3. The number of anilines is 1. The molecule has 0 aliphatic heterocycles. The third-order valence-electron chi connectivity index (χ3n) is 3.49. The second kappa shape index (κ2) is 8.44.